The molecule has 106 valence electrons. The van der Waals surface area contributed by atoms with E-state index in [1.54, 1.807) is 0 Å². The maximum atomic E-state index is 11.1. The van der Waals surface area contributed by atoms with Crippen molar-refractivity contribution in [2.75, 3.05) is 12.3 Å². The van der Waals surface area contributed by atoms with Crippen LogP contribution in [-0.2, 0) is 0 Å². The maximum Gasteiger partial charge on any atom is 0.348 e. The lowest BCUT2D eigenvalue weighted by Crippen LogP contribution is -1.97. The first kappa shape index (κ1) is 14.4. The Morgan fingerprint density at radius 3 is 2.80 bits per heavy atom. The van der Waals surface area contributed by atoms with Crippen molar-refractivity contribution in [3.05, 3.63) is 34.7 Å². The number of benzene rings is 1. The monoisotopic (exact) mass is 291 g/mol. The van der Waals surface area contributed by atoms with Gasteiger partial charge in [-0.05, 0) is 36.6 Å². The molecule has 4 nitrogen and oxygen atoms in total. The van der Waals surface area contributed by atoms with Crippen molar-refractivity contribution in [3.63, 3.8) is 0 Å². The van der Waals surface area contributed by atoms with Gasteiger partial charge in [0.1, 0.15) is 10.6 Å². The van der Waals surface area contributed by atoms with Crippen molar-refractivity contribution in [3.8, 4) is 16.2 Å². The molecule has 5 heteroatoms. The summed E-state index contributed by atoms with van der Waals surface area (Å²) >= 11 is 1.20. The summed E-state index contributed by atoms with van der Waals surface area (Å²) in [4.78, 5) is 12.2. The molecule has 0 fully saturated rings. The number of rotatable bonds is 5. The zero-order valence-electron chi connectivity index (χ0n) is 11.5. The van der Waals surface area contributed by atoms with E-state index in [4.69, 9.17) is 15.6 Å². The molecule has 1 heterocycles. The van der Waals surface area contributed by atoms with Crippen molar-refractivity contribution in [2.45, 2.75) is 20.3 Å². The Morgan fingerprint density at radius 2 is 2.20 bits per heavy atom. The fourth-order valence-electron chi connectivity index (χ4n) is 1.91. The number of nitrogen functional groups attached to an aromatic ring is 1. The summed E-state index contributed by atoms with van der Waals surface area (Å²) in [5, 5.41) is 9.13. The van der Waals surface area contributed by atoms with E-state index >= 15 is 0 Å². The molecule has 0 amide bonds. The Bertz CT molecular complexity index is 634. The number of hydrogen-bond donors (Lipinski definition) is 2. The minimum absolute atomic E-state index is 0.192. The van der Waals surface area contributed by atoms with Crippen LogP contribution in [0.2, 0.25) is 0 Å². The molecule has 3 N–H and O–H groups in total. The lowest BCUT2D eigenvalue weighted by Gasteiger charge is -2.06. The number of nitrogens with two attached hydrogens (primary N) is 1. The van der Waals surface area contributed by atoms with Gasteiger partial charge in [0.05, 0.1) is 12.3 Å². The molecule has 0 aliphatic rings. The van der Waals surface area contributed by atoms with Crippen LogP contribution in [0.3, 0.4) is 0 Å². The smallest absolute Gasteiger partial charge is 0.348 e. The molecule has 0 radical (unpaired) electrons. The van der Waals surface area contributed by atoms with Gasteiger partial charge in [-0.1, -0.05) is 19.1 Å². The van der Waals surface area contributed by atoms with Gasteiger partial charge in [0.15, 0.2) is 0 Å². The van der Waals surface area contributed by atoms with Crippen LogP contribution in [0.4, 0.5) is 5.69 Å². The number of carbonyl (C=O) groups is 1. The number of hydrogen-bond acceptors (Lipinski definition) is 4. The summed E-state index contributed by atoms with van der Waals surface area (Å²) in [6, 6.07) is 7.64. The highest BCUT2D eigenvalue weighted by molar-refractivity contribution is 7.18. The molecule has 20 heavy (non-hydrogen) atoms. The van der Waals surface area contributed by atoms with Crippen molar-refractivity contribution >= 4 is 23.0 Å². The van der Waals surface area contributed by atoms with Crippen molar-refractivity contribution in [2.24, 2.45) is 0 Å². The second-order valence-corrected chi connectivity index (χ2v) is 5.50. The van der Waals surface area contributed by atoms with Gasteiger partial charge in [0.25, 0.3) is 0 Å². The SMILES string of the molecule is CCCOc1cccc(-c2sc(C(=O)O)c(N)c2C)c1. The molecule has 0 aliphatic heterocycles. The average molecular weight is 291 g/mol. The fourth-order valence-corrected chi connectivity index (χ4v) is 2.97. The van der Waals surface area contributed by atoms with Gasteiger partial charge in [0, 0.05) is 4.88 Å². The number of aromatic carboxylic acids is 1. The maximum absolute atomic E-state index is 11.1. The van der Waals surface area contributed by atoms with Crippen LogP contribution in [0.15, 0.2) is 24.3 Å². The molecule has 1 aromatic carbocycles. The first-order valence-corrected chi connectivity index (χ1v) is 7.21. The molecular formula is C15H17NO3S. The van der Waals surface area contributed by atoms with Gasteiger partial charge in [-0.25, -0.2) is 4.79 Å². The van der Waals surface area contributed by atoms with E-state index in [0.29, 0.717) is 12.3 Å². The first-order chi connectivity index (χ1) is 9.54. The zero-order valence-corrected chi connectivity index (χ0v) is 12.3. The molecule has 0 unspecified atom stereocenters. The van der Waals surface area contributed by atoms with Crippen LogP contribution < -0.4 is 10.5 Å². The predicted molar refractivity (Wildman–Crippen MR) is 81.6 cm³/mol. The first-order valence-electron chi connectivity index (χ1n) is 6.40. The van der Waals surface area contributed by atoms with Gasteiger partial charge in [0.2, 0.25) is 0 Å². The third-order valence-electron chi connectivity index (χ3n) is 2.96. The highest BCUT2D eigenvalue weighted by Gasteiger charge is 2.18. The molecule has 0 atom stereocenters. The Balaban J connectivity index is 2.41. The molecule has 1 aromatic heterocycles. The summed E-state index contributed by atoms with van der Waals surface area (Å²) < 4.78 is 5.60. The third kappa shape index (κ3) is 2.77. The quantitative estimate of drug-likeness (QED) is 0.879. The third-order valence-corrected chi connectivity index (χ3v) is 4.30. The fraction of sp³-hybridized carbons (Fsp3) is 0.267. The summed E-state index contributed by atoms with van der Waals surface area (Å²) in [6.07, 6.45) is 0.943. The molecule has 0 saturated heterocycles. The molecule has 0 spiro atoms. The number of carboxylic acid groups (broad SMARTS) is 1. The standard InChI is InChI=1S/C15H17NO3S/c1-3-7-19-11-6-4-5-10(8-11)13-9(2)12(16)14(20-13)15(17)18/h4-6,8H,3,7,16H2,1-2H3,(H,17,18). The summed E-state index contributed by atoms with van der Waals surface area (Å²) in [7, 11) is 0. The lowest BCUT2D eigenvalue weighted by molar-refractivity contribution is 0.0703. The lowest BCUT2D eigenvalue weighted by atomic mass is 10.1. The van der Waals surface area contributed by atoms with Crippen LogP contribution in [0, 0.1) is 6.92 Å². The zero-order chi connectivity index (χ0) is 14.7. The molecule has 0 saturated carbocycles. The van der Waals surface area contributed by atoms with Crippen molar-refractivity contribution < 1.29 is 14.6 Å². The Labute approximate surface area is 121 Å². The highest BCUT2D eigenvalue weighted by Crippen LogP contribution is 2.39. The number of ether oxygens (including phenoxy) is 1. The van der Waals surface area contributed by atoms with Crippen LogP contribution >= 0.6 is 11.3 Å². The van der Waals surface area contributed by atoms with Crippen LogP contribution in [0.25, 0.3) is 10.4 Å². The van der Waals surface area contributed by atoms with Gasteiger partial charge in [-0.2, -0.15) is 0 Å². The van der Waals surface area contributed by atoms with E-state index in [1.165, 1.54) is 11.3 Å². The van der Waals surface area contributed by atoms with Gasteiger partial charge >= 0.3 is 5.97 Å². The van der Waals surface area contributed by atoms with Gasteiger partial charge < -0.3 is 15.6 Å². The van der Waals surface area contributed by atoms with E-state index in [2.05, 4.69) is 0 Å². The minimum Gasteiger partial charge on any atom is -0.494 e. The number of carboxylic acids is 1. The molecular weight excluding hydrogens is 274 g/mol. The second-order valence-electron chi connectivity index (χ2n) is 4.48. The van der Waals surface area contributed by atoms with E-state index in [-0.39, 0.29) is 4.88 Å². The summed E-state index contributed by atoms with van der Waals surface area (Å²) in [5.74, 6) is -0.201. The normalized spacial score (nSPS) is 10.5. The van der Waals surface area contributed by atoms with Crippen molar-refractivity contribution in [1.29, 1.82) is 0 Å². The van der Waals surface area contributed by atoms with E-state index in [1.807, 2.05) is 38.1 Å². The molecule has 2 rings (SSSR count). The number of anilines is 1. The van der Waals surface area contributed by atoms with E-state index in [9.17, 15) is 4.79 Å². The summed E-state index contributed by atoms with van der Waals surface area (Å²) in [5.41, 5.74) is 7.94. The van der Waals surface area contributed by atoms with Crippen LogP contribution in [0.5, 0.6) is 5.75 Å². The van der Waals surface area contributed by atoms with Crippen molar-refractivity contribution in [1.82, 2.24) is 0 Å². The van der Waals surface area contributed by atoms with E-state index in [0.717, 1.165) is 28.2 Å². The Kier molecular flexibility index (Phi) is 4.29. The van der Waals surface area contributed by atoms with Gasteiger partial charge in [-0.15, -0.1) is 11.3 Å². The van der Waals surface area contributed by atoms with E-state index < -0.39 is 5.97 Å². The Hall–Kier alpha value is -2.01. The van der Waals surface area contributed by atoms with Crippen LogP contribution in [0.1, 0.15) is 28.6 Å². The highest BCUT2D eigenvalue weighted by atomic mass is 32.1. The molecule has 2 aromatic rings. The molecule has 0 aliphatic carbocycles. The largest absolute Gasteiger partial charge is 0.494 e. The average Bonchev–Trinajstić information content (AvgIpc) is 2.74. The topological polar surface area (TPSA) is 72.5 Å². The van der Waals surface area contributed by atoms with Gasteiger partial charge in [-0.3, -0.25) is 0 Å². The number of thiophene rings is 1. The predicted octanol–water partition coefficient (Wildman–Crippen LogP) is 3.79. The minimum atomic E-state index is -0.986. The van der Waals surface area contributed by atoms with Crippen LogP contribution in [-0.4, -0.2) is 17.7 Å². The summed E-state index contributed by atoms with van der Waals surface area (Å²) in [6.45, 7) is 4.55. The molecule has 0 bridgehead atoms. The second kappa shape index (κ2) is 5.96. The Morgan fingerprint density at radius 1 is 1.45 bits per heavy atom.